The Hall–Kier alpha value is -3.23. The van der Waals surface area contributed by atoms with Gasteiger partial charge in [0.15, 0.2) is 0 Å². The molecule has 0 aliphatic carbocycles. The van der Waals surface area contributed by atoms with Crippen molar-refractivity contribution in [2.75, 3.05) is 0 Å². The van der Waals surface area contributed by atoms with Gasteiger partial charge in [0.05, 0.1) is 5.56 Å². The molecule has 0 atom stereocenters. The molecule has 2 N–H and O–H groups in total. The van der Waals surface area contributed by atoms with Crippen molar-refractivity contribution < 1.29 is 32.4 Å². The van der Waals surface area contributed by atoms with Crippen molar-refractivity contribution in [2.24, 2.45) is 0 Å². The summed E-state index contributed by atoms with van der Waals surface area (Å²) < 4.78 is 37.6. The molecule has 7 nitrogen and oxygen atoms in total. The quantitative estimate of drug-likeness (QED) is 0.410. The molecular weight excluding hydrogens is 360 g/mol. The predicted molar refractivity (Wildman–Crippen MR) is 92.1 cm³/mol. The Morgan fingerprint density at radius 1 is 0.923 bits per heavy atom. The van der Waals surface area contributed by atoms with Gasteiger partial charge >= 0.3 is 11.9 Å². The fourth-order valence-electron chi connectivity index (χ4n) is 2.49. The molecule has 3 aromatic carbocycles. The molecule has 3 rings (SSSR count). The number of carbonyl (C=O) groups is 2. The van der Waals surface area contributed by atoms with E-state index in [1.165, 1.54) is 36.4 Å². The molecule has 0 unspecified atom stereocenters. The third-order valence-corrected chi connectivity index (χ3v) is 4.57. The number of hydrogen-bond donors (Lipinski definition) is 2. The minimum Gasteiger partial charge on any atom is -0.478 e. The van der Waals surface area contributed by atoms with E-state index in [0.29, 0.717) is 0 Å². The van der Waals surface area contributed by atoms with E-state index in [0.717, 1.165) is 6.07 Å². The van der Waals surface area contributed by atoms with Gasteiger partial charge in [-0.25, -0.2) is 9.59 Å². The molecule has 0 amide bonds. The summed E-state index contributed by atoms with van der Waals surface area (Å²) in [5, 5.41) is 9.68. The zero-order valence-corrected chi connectivity index (χ0v) is 13.9. The van der Waals surface area contributed by atoms with Crippen LogP contribution >= 0.6 is 0 Å². The van der Waals surface area contributed by atoms with Gasteiger partial charge in [0.25, 0.3) is 10.1 Å². The monoisotopic (exact) mass is 372 g/mol. The lowest BCUT2D eigenvalue weighted by molar-refractivity contribution is 0.0681. The minimum absolute atomic E-state index is 0.0378. The predicted octanol–water partition coefficient (Wildman–Crippen LogP) is 3.00. The lowest BCUT2D eigenvalue weighted by Gasteiger charge is -2.11. The summed E-state index contributed by atoms with van der Waals surface area (Å²) in [5.74, 6) is -2.47. The highest BCUT2D eigenvalue weighted by Gasteiger charge is 2.21. The van der Waals surface area contributed by atoms with E-state index < -0.39 is 27.0 Å². The lowest BCUT2D eigenvalue weighted by atomic mass is 10.1. The number of rotatable bonds is 4. The van der Waals surface area contributed by atoms with E-state index in [-0.39, 0.29) is 27.6 Å². The molecule has 8 heteroatoms. The van der Waals surface area contributed by atoms with Crippen LogP contribution in [0.4, 0.5) is 0 Å². The molecule has 0 heterocycles. The zero-order chi connectivity index (χ0) is 18.9. The molecule has 0 spiro atoms. The third kappa shape index (κ3) is 3.41. The van der Waals surface area contributed by atoms with Gasteiger partial charge in [-0.15, -0.1) is 0 Å². The highest BCUT2D eigenvalue weighted by Crippen LogP contribution is 2.31. The van der Waals surface area contributed by atoms with Gasteiger partial charge in [0, 0.05) is 5.39 Å². The maximum Gasteiger partial charge on any atom is 0.343 e. The molecular formula is C18H12O7S. The first-order chi connectivity index (χ1) is 12.3. The van der Waals surface area contributed by atoms with Gasteiger partial charge in [-0.3, -0.25) is 4.55 Å². The Labute approximate surface area is 148 Å². The molecule has 0 bridgehead atoms. The number of fused-ring (bicyclic) bond motifs is 1. The van der Waals surface area contributed by atoms with Gasteiger partial charge in [0.2, 0.25) is 0 Å². The first-order valence-corrected chi connectivity index (χ1v) is 8.76. The Morgan fingerprint density at radius 2 is 1.62 bits per heavy atom. The molecule has 0 saturated carbocycles. The van der Waals surface area contributed by atoms with Crippen LogP contribution in [0.15, 0.2) is 65.6 Å². The summed E-state index contributed by atoms with van der Waals surface area (Å²) in [6, 6.07) is 14.2. The van der Waals surface area contributed by atoms with Gasteiger partial charge in [-0.2, -0.15) is 8.42 Å². The summed E-state index contributed by atoms with van der Waals surface area (Å²) in [7, 11) is -4.55. The van der Waals surface area contributed by atoms with Crippen LogP contribution in [0.5, 0.6) is 5.75 Å². The number of carbonyl (C=O) groups excluding carboxylic acids is 1. The van der Waals surface area contributed by atoms with Crippen molar-refractivity contribution in [1.29, 1.82) is 0 Å². The van der Waals surface area contributed by atoms with Gasteiger partial charge in [-0.1, -0.05) is 30.3 Å². The van der Waals surface area contributed by atoms with Crippen LogP contribution in [0.3, 0.4) is 0 Å². The van der Waals surface area contributed by atoms with Crippen LogP contribution in [-0.4, -0.2) is 30.0 Å². The Balaban J connectivity index is 2.18. The molecule has 132 valence electrons. The summed E-state index contributed by atoms with van der Waals surface area (Å²) in [6.07, 6.45) is 0. The number of hydrogen-bond acceptors (Lipinski definition) is 5. The minimum atomic E-state index is -4.55. The SMILES string of the molecule is O=C(Oc1cc2c(S(=O)(=O)O)cccc2cc1C(=O)O)c1ccccc1. The molecule has 3 aromatic rings. The van der Waals surface area contributed by atoms with Crippen molar-refractivity contribution in [2.45, 2.75) is 4.90 Å². The number of esters is 1. The maximum atomic E-state index is 12.2. The van der Waals surface area contributed by atoms with Gasteiger partial charge < -0.3 is 9.84 Å². The van der Waals surface area contributed by atoms with Crippen molar-refractivity contribution >= 4 is 32.8 Å². The van der Waals surface area contributed by atoms with E-state index in [2.05, 4.69) is 0 Å². The number of benzene rings is 3. The molecule has 0 aliphatic rings. The molecule has 0 aliphatic heterocycles. The van der Waals surface area contributed by atoms with E-state index in [1.807, 2.05) is 0 Å². The average Bonchev–Trinajstić information content (AvgIpc) is 2.60. The van der Waals surface area contributed by atoms with E-state index in [4.69, 9.17) is 4.74 Å². The Morgan fingerprint density at radius 3 is 2.23 bits per heavy atom. The molecule has 0 saturated heterocycles. The first-order valence-electron chi connectivity index (χ1n) is 7.32. The van der Waals surface area contributed by atoms with Crippen LogP contribution in [0.2, 0.25) is 0 Å². The van der Waals surface area contributed by atoms with Crippen LogP contribution in [0.25, 0.3) is 10.8 Å². The standard InChI is InChI=1S/C18H12O7S/c19-17(20)14-9-12-7-4-8-16(26(22,23)24)13(12)10-15(14)25-18(21)11-5-2-1-3-6-11/h1-10H,(H,19,20)(H,22,23,24). The number of ether oxygens (including phenoxy) is 1. The van der Waals surface area contributed by atoms with Crippen LogP contribution < -0.4 is 4.74 Å². The summed E-state index contributed by atoms with van der Waals surface area (Å²) >= 11 is 0. The van der Waals surface area contributed by atoms with Gasteiger partial charge in [-0.05, 0) is 35.7 Å². The van der Waals surface area contributed by atoms with Crippen molar-refractivity contribution in [3.8, 4) is 5.75 Å². The Bertz CT molecular complexity index is 1120. The smallest absolute Gasteiger partial charge is 0.343 e. The number of carboxylic acids is 1. The Kier molecular flexibility index (Phi) is 4.45. The lowest BCUT2D eigenvalue weighted by Crippen LogP contribution is -2.12. The summed E-state index contributed by atoms with van der Waals surface area (Å²) in [5.41, 5.74) is -0.110. The molecule has 26 heavy (non-hydrogen) atoms. The van der Waals surface area contributed by atoms with Crippen molar-refractivity contribution in [1.82, 2.24) is 0 Å². The van der Waals surface area contributed by atoms with Gasteiger partial charge in [0.1, 0.15) is 16.2 Å². The fourth-order valence-corrected chi connectivity index (χ4v) is 3.19. The summed E-state index contributed by atoms with van der Waals surface area (Å²) in [4.78, 5) is 23.3. The normalized spacial score (nSPS) is 11.3. The second-order valence-electron chi connectivity index (χ2n) is 5.36. The maximum absolute atomic E-state index is 12.2. The average molecular weight is 372 g/mol. The highest BCUT2D eigenvalue weighted by atomic mass is 32.2. The second kappa shape index (κ2) is 6.58. The highest BCUT2D eigenvalue weighted by molar-refractivity contribution is 7.86. The number of carboxylic acid groups (broad SMARTS) is 1. The van der Waals surface area contributed by atoms with E-state index in [9.17, 15) is 27.7 Å². The van der Waals surface area contributed by atoms with E-state index in [1.54, 1.807) is 18.2 Å². The molecule has 0 fully saturated rings. The van der Waals surface area contributed by atoms with Crippen molar-refractivity contribution in [3.63, 3.8) is 0 Å². The van der Waals surface area contributed by atoms with E-state index >= 15 is 0 Å². The van der Waals surface area contributed by atoms with Crippen molar-refractivity contribution in [3.05, 3.63) is 71.8 Å². The second-order valence-corrected chi connectivity index (χ2v) is 6.75. The molecule has 0 aromatic heterocycles. The largest absolute Gasteiger partial charge is 0.478 e. The number of aromatic carboxylic acids is 1. The van der Waals surface area contributed by atoms with Crippen LogP contribution in [0.1, 0.15) is 20.7 Å². The topological polar surface area (TPSA) is 118 Å². The summed E-state index contributed by atoms with van der Waals surface area (Å²) in [6.45, 7) is 0. The fraction of sp³-hybridized carbons (Fsp3) is 0. The molecule has 0 radical (unpaired) electrons. The first kappa shape index (κ1) is 17.6. The third-order valence-electron chi connectivity index (χ3n) is 3.66. The zero-order valence-electron chi connectivity index (χ0n) is 13.1. The van der Waals surface area contributed by atoms with Crippen LogP contribution in [0, 0.1) is 0 Å². The van der Waals surface area contributed by atoms with Crippen LogP contribution in [-0.2, 0) is 10.1 Å².